The predicted octanol–water partition coefficient (Wildman–Crippen LogP) is -0.137. The number of hydrogen-bond acceptors (Lipinski definition) is 5. The Kier molecular flexibility index (Phi) is 3.43. The Balaban J connectivity index is 2.79. The van der Waals surface area contributed by atoms with Crippen LogP contribution in [0.5, 0.6) is 0 Å². The number of nitrogens with two attached hydrogens (primary N) is 2. The summed E-state index contributed by atoms with van der Waals surface area (Å²) in [5.74, 6) is 0. The predicted molar refractivity (Wildman–Crippen MR) is 55.2 cm³/mol. The van der Waals surface area contributed by atoms with Crippen molar-refractivity contribution < 1.29 is 10.0 Å². The van der Waals surface area contributed by atoms with Gasteiger partial charge in [0.25, 0.3) is 5.70 Å². The third-order valence-corrected chi connectivity index (χ3v) is 2.45. The monoisotopic (exact) mass is 213 g/mol. The molecule has 0 amide bonds. The van der Waals surface area contributed by atoms with E-state index in [-0.39, 0.29) is 24.4 Å². The highest BCUT2D eigenvalue weighted by molar-refractivity contribution is 5.29. The van der Waals surface area contributed by atoms with Crippen molar-refractivity contribution in [2.24, 2.45) is 11.5 Å². The molecule has 5 N–H and O–H groups in total. The van der Waals surface area contributed by atoms with Gasteiger partial charge >= 0.3 is 0 Å². The van der Waals surface area contributed by atoms with Crippen LogP contribution in [-0.4, -0.2) is 22.2 Å². The molecule has 6 heteroatoms. The second kappa shape index (κ2) is 4.41. The van der Waals surface area contributed by atoms with Crippen LogP contribution in [0.3, 0.4) is 0 Å². The van der Waals surface area contributed by atoms with Gasteiger partial charge < -0.3 is 16.6 Å². The molecule has 0 aromatic rings. The van der Waals surface area contributed by atoms with Crippen LogP contribution >= 0.6 is 0 Å². The van der Waals surface area contributed by atoms with Crippen LogP contribution in [0, 0.1) is 10.1 Å². The summed E-state index contributed by atoms with van der Waals surface area (Å²) in [7, 11) is 0. The lowest BCUT2D eigenvalue weighted by Crippen LogP contribution is -2.41. The zero-order chi connectivity index (χ0) is 11.5. The third-order valence-electron chi connectivity index (χ3n) is 2.45. The molecule has 0 saturated carbocycles. The molecule has 6 nitrogen and oxygen atoms in total. The number of nitro groups is 1. The van der Waals surface area contributed by atoms with E-state index in [1.165, 1.54) is 6.08 Å². The molecule has 15 heavy (non-hydrogen) atoms. The summed E-state index contributed by atoms with van der Waals surface area (Å²) in [6.07, 6.45) is 4.28. The molecular weight excluding hydrogens is 198 g/mol. The number of rotatable bonds is 4. The second-order valence-corrected chi connectivity index (χ2v) is 3.73. The van der Waals surface area contributed by atoms with Crippen molar-refractivity contribution in [1.29, 1.82) is 0 Å². The third kappa shape index (κ3) is 2.77. The van der Waals surface area contributed by atoms with E-state index in [0.29, 0.717) is 12.8 Å². The van der Waals surface area contributed by atoms with Gasteiger partial charge in [-0.25, -0.2) is 0 Å². The smallest absolute Gasteiger partial charge is 0.271 e. The average Bonchev–Trinajstić information content (AvgIpc) is 2.19. The van der Waals surface area contributed by atoms with Crippen LogP contribution < -0.4 is 11.5 Å². The van der Waals surface area contributed by atoms with Gasteiger partial charge in [-0.05, 0) is 18.9 Å². The van der Waals surface area contributed by atoms with Gasteiger partial charge in [0.15, 0.2) is 0 Å². The minimum atomic E-state index is -0.756. The van der Waals surface area contributed by atoms with E-state index in [2.05, 4.69) is 0 Å². The fourth-order valence-electron chi connectivity index (χ4n) is 1.57. The molecule has 0 radical (unpaired) electrons. The zero-order valence-electron chi connectivity index (χ0n) is 8.35. The lowest BCUT2D eigenvalue weighted by Gasteiger charge is -2.27. The van der Waals surface area contributed by atoms with Crippen molar-refractivity contribution in [2.45, 2.75) is 24.8 Å². The number of aliphatic hydroxyl groups excluding tert-OH is 1. The van der Waals surface area contributed by atoms with Gasteiger partial charge in [-0.15, -0.1) is 0 Å². The first-order valence-electron chi connectivity index (χ1n) is 4.70. The molecule has 1 atom stereocenters. The molecule has 1 rings (SSSR count). The van der Waals surface area contributed by atoms with Gasteiger partial charge in [0, 0.05) is 12.1 Å². The Morgan fingerprint density at radius 1 is 1.67 bits per heavy atom. The molecule has 1 aliphatic carbocycles. The van der Waals surface area contributed by atoms with E-state index in [4.69, 9.17) is 16.6 Å². The number of allylic oxidation sites excluding steroid dienone is 1. The standard InChI is InChI=1S/C9H15N3O3/c10-7-2-4-9(11,3-1-5-13)6-8(7)12(14)15/h2,4,13H,1,3,5-6,10-11H2. The molecule has 1 unspecified atom stereocenters. The Bertz CT molecular complexity index is 325. The van der Waals surface area contributed by atoms with Crippen molar-refractivity contribution in [3.8, 4) is 0 Å². The SMILES string of the molecule is NC1=C([N+](=O)[O-])CC(N)(CCCO)C=C1. The van der Waals surface area contributed by atoms with Crippen LogP contribution in [0.4, 0.5) is 0 Å². The van der Waals surface area contributed by atoms with E-state index >= 15 is 0 Å². The molecule has 0 saturated heterocycles. The fraction of sp³-hybridized carbons (Fsp3) is 0.556. The summed E-state index contributed by atoms with van der Waals surface area (Å²) in [4.78, 5) is 10.2. The zero-order valence-corrected chi connectivity index (χ0v) is 8.35. The van der Waals surface area contributed by atoms with E-state index < -0.39 is 10.5 Å². The van der Waals surface area contributed by atoms with Gasteiger partial charge in [0.1, 0.15) is 5.70 Å². The van der Waals surface area contributed by atoms with Gasteiger partial charge in [0.2, 0.25) is 0 Å². The average molecular weight is 213 g/mol. The highest BCUT2D eigenvalue weighted by Gasteiger charge is 2.32. The van der Waals surface area contributed by atoms with E-state index in [1.54, 1.807) is 6.08 Å². The first-order chi connectivity index (χ1) is 6.98. The number of hydrogen-bond donors (Lipinski definition) is 3. The van der Waals surface area contributed by atoms with E-state index in [1.807, 2.05) is 0 Å². The molecule has 0 fully saturated rings. The summed E-state index contributed by atoms with van der Waals surface area (Å²) >= 11 is 0. The highest BCUT2D eigenvalue weighted by Crippen LogP contribution is 2.27. The van der Waals surface area contributed by atoms with Crippen LogP contribution in [0.1, 0.15) is 19.3 Å². The van der Waals surface area contributed by atoms with Crippen LogP contribution in [-0.2, 0) is 0 Å². The molecule has 0 bridgehead atoms. The van der Waals surface area contributed by atoms with Crippen molar-refractivity contribution in [3.63, 3.8) is 0 Å². The maximum atomic E-state index is 10.7. The fourth-order valence-corrected chi connectivity index (χ4v) is 1.57. The Hall–Kier alpha value is -1.40. The van der Waals surface area contributed by atoms with Crippen LogP contribution in [0.25, 0.3) is 0 Å². The molecule has 0 spiro atoms. The van der Waals surface area contributed by atoms with Gasteiger partial charge in [-0.1, -0.05) is 6.08 Å². The van der Waals surface area contributed by atoms with Crippen LogP contribution in [0.15, 0.2) is 23.5 Å². The van der Waals surface area contributed by atoms with E-state index in [0.717, 1.165) is 0 Å². The highest BCUT2D eigenvalue weighted by atomic mass is 16.6. The van der Waals surface area contributed by atoms with E-state index in [9.17, 15) is 10.1 Å². The maximum Gasteiger partial charge on any atom is 0.271 e. The molecule has 0 aromatic carbocycles. The molecule has 1 aliphatic rings. The summed E-state index contributed by atoms with van der Waals surface area (Å²) in [6.45, 7) is 0.0276. The topological polar surface area (TPSA) is 115 Å². The largest absolute Gasteiger partial charge is 0.396 e. The molecular formula is C9H15N3O3. The quantitative estimate of drug-likeness (QED) is 0.444. The summed E-state index contributed by atoms with van der Waals surface area (Å²) in [5.41, 5.74) is 10.8. The van der Waals surface area contributed by atoms with Crippen molar-refractivity contribution >= 4 is 0 Å². The van der Waals surface area contributed by atoms with Crippen molar-refractivity contribution in [2.75, 3.05) is 6.61 Å². The molecule has 0 aromatic heterocycles. The number of aliphatic hydroxyl groups is 1. The van der Waals surface area contributed by atoms with Gasteiger partial charge in [-0.2, -0.15) is 0 Å². The second-order valence-electron chi connectivity index (χ2n) is 3.73. The Morgan fingerprint density at radius 2 is 2.33 bits per heavy atom. The Morgan fingerprint density at radius 3 is 2.87 bits per heavy atom. The van der Waals surface area contributed by atoms with Gasteiger partial charge in [-0.3, -0.25) is 10.1 Å². The summed E-state index contributed by atoms with van der Waals surface area (Å²) < 4.78 is 0. The van der Waals surface area contributed by atoms with Crippen LogP contribution in [0.2, 0.25) is 0 Å². The minimum absolute atomic E-state index is 0.0276. The maximum absolute atomic E-state index is 10.7. The number of nitrogens with zero attached hydrogens (tertiary/aromatic N) is 1. The van der Waals surface area contributed by atoms with Gasteiger partial charge in [0.05, 0.1) is 11.3 Å². The lowest BCUT2D eigenvalue weighted by atomic mass is 9.85. The minimum Gasteiger partial charge on any atom is -0.396 e. The van der Waals surface area contributed by atoms with Crippen molar-refractivity contribution in [3.05, 3.63) is 33.7 Å². The summed E-state index contributed by atoms with van der Waals surface area (Å²) in [6, 6.07) is 0. The first-order valence-corrected chi connectivity index (χ1v) is 4.70. The molecule has 0 aliphatic heterocycles. The van der Waals surface area contributed by atoms with Crippen molar-refractivity contribution in [1.82, 2.24) is 0 Å². The Labute approximate surface area is 87.4 Å². The molecule has 84 valence electrons. The summed E-state index contributed by atoms with van der Waals surface area (Å²) in [5, 5.41) is 19.3. The first kappa shape index (κ1) is 11.7. The normalized spacial score (nSPS) is 25.7. The molecule has 0 heterocycles. The lowest BCUT2D eigenvalue weighted by molar-refractivity contribution is -0.430.